The number of hydrogen-bond donors (Lipinski definition) is 0. The van der Waals surface area contributed by atoms with Gasteiger partial charge in [-0.2, -0.15) is 0 Å². The number of esters is 1. The lowest BCUT2D eigenvalue weighted by Crippen LogP contribution is -2.06. The Morgan fingerprint density at radius 3 is 2.86 bits per heavy atom. The van der Waals surface area contributed by atoms with Gasteiger partial charge < -0.3 is 13.9 Å². The van der Waals surface area contributed by atoms with E-state index in [2.05, 4.69) is 4.99 Å². The molecule has 2 heterocycles. The van der Waals surface area contributed by atoms with E-state index in [-0.39, 0.29) is 11.6 Å². The summed E-state index contributed by atoms with van der Waals surface area (Å²) in [5.41, 5.74) is 0.681. The molecule has 0 unspecified atom stereocenters. The van der Waals surface area contributed by atoms with Crippen LogP contribution in [-0.4, -0.2) is 19.0 Å². The number of nitrogens with zero attached hydrogens (tertiary/aromatic N) is 1. The lowest BCUT2D eigenvalue weighted by molar-refractivity contribution is -0.129. The summed E-state index contributed by atoms with van der Waals surface area (Å²) >= 11 is 6.14. The van der Waals surface area contributed by atoms with Gasteiger partial charge in [0, 0.05) is 6.08 Å². The maximum atomic E-state index is 11.8. The fourth-order valence-electron chi connectivity index (χ4n) is 1.83. The van der Waals surface area contributed by atoms with E-state index in [9.17, 15) is 4.79 Å². The smallest absolute Gasteiger partial charge is 0.363 e. The van der Waals surface area contributed by atoms with E-state index >= 15 is 0 Å². The molecule has 2 aromatic rings. The van der Waals surface area contributed by atoms with Crippen molar-refractivity contribution in [2.45, 2.75) is 0 Å². The Bertz CT molecular complexity index is 747. The van der Waals surface area contributed by atoms with Crippen molar-refractivity contribution < 1.29 is 18.7 Å². The van der Waals surface area contributed by atoms with Crippen molar-refractivity contribution in [3.63, 3.8) is 0 Å². The molecule has 3 rings (SSSR count). The maximum absolute atomic E-state index is 11.8. The van der Waals surface area contributed by atoms with Crippen molar-refractivity contribution in [1.29, 1.82) is 0 Å². The Morgan fingerprint density at radius 1 is 1.33 bits per heavy atom. The summed E-state index contributed by atoms with van der Waals surface area (Å²) < 4.78 is 15.4. The third kappa shape index (κ3) is 2.68. The van der Waals surface area contributed by atoms with Gasteiger partial charge in [-0.25, -0.2) is 9.79 Å². The Labute approximate surface area is 125 Å². The van der Waals surface area contributed by atoms with Crippen LogP contribution in [0.15, 0.2) is 51.7 Å². The van der Waals surface area contributed by atoms with Crippen LogP contribution in [0.25, 0.3) is 6.08 Å². The number of carbonyl (C=O) groups is 1. The first-order valence-electron chi connectivity index (χ1n) is 6.07. The molecule has 0 spiro atoms. The lowest BCUT2D eigenvalue weighted by Gasteiger charge is -2.05. The zero-order valence-corrected chi connectivity index (χ0v) is 11.8. The minimum Gasteiger partial charge on any atom is -0.497 e. The van der Waals surface area contributed by atoms with E-state index < -0.39 is 5.97 Å². The summed E-state index contributed by atoms with van der Waals surface area (Å²) in [6.45, 7) is 0. The second-order valence-corrected chi connectivity index (χ2v) is 4.60. The van der Waals surface area contributed by atoms with Gasteiger partial charge in [-0.05, 0) is 30.3 Å². The summed E-state index contributed by atoms with van der Waals surface area (Å²) in [5, 5.41) is 0.389. The predicted octanol–water partition coefficient (Wildman–Crippen LogP) is 3.29. The summed E-state index contributed by atoms with van der Waals surface area (Å²) in [4.78, 5) is 16.0. The lowest BCUT2D eigenvalue weighted by atomic mass is 10.2. The molecule has 0 saturated carbocycles. The SMILES string of the molecule is COc1ccc(C2=N/C(=C\c3ccco3)C(=O)O2)c(Cl)c1. The number of rotatable bonds is 3. The minimum atomic E-state index is -0.548. The van der Waals surface area contributed by atoms with Crippen molar-refractivity contribution in [1.82, 2.24) is 0 Å². The van der Waals surface area contributed by atoms with Crippen LogP contribution < -0.4 is 4.74 Å². The van der Waals surface area contributed by atoms with Crippen molar-refractivity contribution in [3.05, 3.63) is 58.6 Å². The third-order valence-corrected chi connectivity index (χ3v) is 3.16. The maximum Gasteiger partial charge on any atom is 0.363 e. The molecule has 0 bridgehead atoms. The van der Waals surface area contributed by atoms with E-state index in [0.29, 0.717) is 22.1 Å². The van der Waals surface area contributed by atoms with E-state index in [1.54, 1.807) is 37.4 Å². The zero-order valence-electron chi connectivity index (χ0n) is 11.0. The number of hydrogen-bond acceptors (Lipinski definition) is 5. The molecule has 1 aliphatic heterocycles. The topological polar surface area (TPSA) is 61.0 Å². The molecule has 1 aromatic carbocycles. The molecule has 0 aliphatic carbocycles. The first-order valence-corrected chi connectivity index (χ1v) is 6.45. The van der Waals surface area contributed by atoms with Crippen molar-refractivity contribution in [3.8, 4) is 5.75 Å². The van der Waals surface area contributed by atoms with E-state index in [1.807, 2.05) is 0 Å². The average Bonchev–Trinajstić information content (AvgIpc) is 3.10. The molecule has 5 nitrogen and oxygen atoms in total. The highest BCUT2D eigenvalue weighted by Gasteiger charge is 2.26. The predicted molar refractivity (Wildman–Crippen MR) is 77.3 cm³/mol. The molecule has 0 amide bonds. The number of methoxy groups -OCH3 is 1. The molecule has 0 saturated heterocycles. The van der Waals surface area contributed by atoms with Gasteiger partial charge in [0.05, 0.1) is 24.0 Å². The zero-order chi connectivity index (χ0) is 14.8. The molecular formula is C15H10ClNO4. The van der Waals surface area contributed by atoms with Gasteiger partial charge >= 0.3 is 5.97 Å². The molecule has 0 N–H and O–H groups in total. The normalized spacial score (nSPS) is 16.0. The van der Waals surface area contributed by atoms with Crippen LogP contribution in [0.5, 0.6) is 5.75 Å². The number of aliphatic imine (C=N–C) groups is 1. The third-order valence-electron chi connectivity index (χ3n) is 2.85. The quantitative estimate of drug-likeness (QED) is 0.645. The number of benzene rings is 1. The molecule has 0 atom stereocenters. The first kappa shape index (κ1) is 13.5. The Morgan fingerprint density at radius 2 is 2.19 bits per heavy atom. The van der Waals surface area contributed by atoms with Crippen LogP contribution >= 0.6 is 11.6 Å². The second-order valence-electron chi connectivity index (χ2n) is 4.20. The Kier molecular flexibility index (Phi) is 3.50. The fourth-order valence-corrected chi connectivity index (χ4v) is 2.08. The van der Waals surface area contributed by atoms with Gasteiger partial charge in [0.1, 0.15) is 11.5 Å². The van der Waals surface area contributed by atoms with Gasteiger partial charge in [0.25, 0.3) is 0 Å². The van der Waals surface area contributed by atoms with Gasteiger partial charge in [0.2, 0.25) is 5.90 Å². The molecular weight excluding hydrogens is 294 g/mol. The van der Waals surface area contributed by atoms with Gasteiger partial charge in [0.15, 0.2) is 5.70 Å². The number of halogens is 1. The standard InChI is InChI=1S/C15H10ClNO4/c1-19-9-4-5-11(12(16)7-9)14-17-13(15(18)21-14)8-10-3-2-6-20-10/h2-8H,1H3/b13-8-. The summed E-state index contributed by atoms with van der Waals surface area (Å²) in [5.74, 6) is 0.742. The number of carbonyl (C=O) groups excluding carboxylic acids is 1. The molecule has 1 aliphatic rings. The molecule has 0 fully saturated rings. The Hall–Kier alpha value is -2.53. The minimum absolute atomic E-state index is 0.158. The van der Waals surface area contributed by atoms with Crippen LogP contribution in [0.3, 0.4) is 0 Å². The van der Waals surface area contributed by atoms with Crippen molar-refractivity contribution in [2.24, 2.45) is 4.99 Å². The molecule has 1 aromatic heterocycles. The highest BCUT2D eigenvalue weighted by Crippen LogP contribution is 2.27. The fraction of sp³-hybridized carbons (Fsp3) is 0.0667. The first-order chi connectivity index (χ1) is 10.2. The van der Waals surface area contributed by atoms with Crippen LogP contribution in [0.4, 0.5) is 0 Å². The molecule has 21 heavy (non-hydrogen) atoms. The molecule has 106 valence electrons. The largest absolute Gasteiger partial charge is 0.497 e. The highest BCUT2D eigenvalue weighted by molar-refractivity contribution is 6.34. The van der Waals surface area contributed by atoms with E-state index in [1.165, 1.54) is 12.3 Å². The van der Waals surface area contributed by atoms with Crippen molar-refractivity contribution in [2.75, 3.05) is 7.11 Å². The highest BCUT2D eigenvalue weighted by atomic mass is 35.5. The summed E-state index contributed by atoms with van der Waals surface area (Å²) in [6, 6.07) is 8.46. The van der Waals surface area contributed by atoms with Crippen LogP contribution in [0, 0.1) is 0 Å². The van der Waals surface area contributed by atoms with Gasteiger partial charge in [-0.15, -0.1) is 0 Å². The van der Waals surface area contributed by atoms with Gasteiger partial charge in [-0.1, -0.05) is 11.6 Å². The van der Waals surface area contributed by atoms with Crippen LogP contribution in [0.1, 0.15) is 11.3 Å². The average molecular weight is 304 g/mol. The van der Waals surface area contributed by atoms with Crippen LogP contribution in [0.2, 0.25) is 5.02 Å². The number of furan rings is 1. The van der Waals surface area contributed by atoms with Crippen LogP contribution in [-0.2, 0) is 9.53 Å². The monoisotopic (exact) mass is 303 g/mol. The summed E-state index contributed by atoms with van der Waals surface area (Å²) in [7, 11) is 1.54. The molecule has 0 radical (unpaired) electrons. The summed E-state index contributed by atoms with van der Waals surface area (Å²) in [6.07, 6.45) is 3.02. The van der Waals surface area contributed by atoms with Crippen molar-refractivity contribution >= 4 is 29.5 Å². The second kappa shape index (κ2) is 5.46. The van der Waals surface area contributed by atoms with Gasteiger partial charge in [-0.3, -0.25) is 0 Å². The van der Waals surface area contributed by atoms with E-state index in [0.717, 1.165) is 0 Å². The van der Waals surface area contributed by atoms with E-state index in [4.69, 9.17) is 25.5 Å². The number of ether oxygens (including phenoxy) is 2. The Balaban J connectivity index is 1.95. The number of cyclic esters (lactones) is 1. The molecule has 6 heteroatoms.